The van der Waals surface area contributed by atoms with Gasteiger partial charge in [0.1, 0.15) is 27.1 Å². The van der Waals surface area contributed by atoms with Gasteiger partial charge in [-0.2, -0.15) is 0 Å². The molecule has 0 spiro atoms. The van der Waals surface area contributed by atoms with Crippen molar-refractivity contribution in [3.05, 3.63) is 12.2 Å². The average Bonchev–Trinajstić information content (AvgIpc) is 2.44. The van der Waals surface area contributed by atoms with Gasteiger partial charge in [0.05, 0.1) is 12.2 Å². The summed E-state index contributed by atoms with van der Waals surface area (Å²) in [7, 11) is 3.59. The van der Waals surface area contributed by atoms with Gasteiger partial charge >= 0.3 is 0 Å². The molecule has 1 heterocycles. The van der Waals surface area contributed by atoms with E-state index in [0.29, 0.717) is 6.61 Å². The van der Waals surface area contributed by atoms with Crippen molar-refractivity contribution in [2.75, 3.05) is 27.9 Å². The normalized spacial score (nSPS) is 33.5. The van der Waals surface area contributed by atoms with Crippen LogP contribution in [0.3, 0.4) is 0 Å². The zero-order chi connectivity index (χ0) is 17.1. The fraction of sp³-hybridized carbons (Fsp3) is 0.875. The predicted molar refractivity (Wildman–Crippen MR) is 89.9 cm³/mol. The number of methoxy groups -OCH3 is 3. The van der Waals surface area contributed by atoms with E-state index in [4.69, 9.17) is 23.7 Å². The summed E-state index contributed by atoms with van der Waals surface area (Å²) in [5.41, 5.74) is -0.168. The fourth-order valence-corrected chi connectivity index (χ4v) is 4.72. The Hall–Kier alpha value is -0.243. The highest BCUT2D eigenvalue weighted by molar-refractivity contribution is 6.59. The second-order valence-corrected chi connectivity index (χ2v) is 10.1. The van der Waals surface area contributed by atoms with Gasteiger partial charge < -0.3 is 23.7 Å². The number of ether oxygens (including phenoxy) is 5. The number of hydrogen-bond donors (Lipinski definition) is 0. The van der Waals surface area contributed by atoms with E-state index in [0.717, 1.165) is 5.57 Å². The van der Waals surface area contributed by atoms with E-state index in [9.17, 15) is 0 Å². The van der Waals surface area contributed by atoms with E-state index >= 15 is 0 Å². The molecule has 0 aromatic heterocycles. The van der Waals surface area contributed by atoms with Crippen LogP contribution in [0.2, 0.25) is 13.1 Å². The van der Waals surface area contributed by atoms with Crippen molar-refractivity contribution in [2.24, 2.45) is 0 Å². The molecule has 1 aliphatic rings. The van der Waals surface area contributed by atoms with Crippen molar-refractivity contribution in [1.82, 2.24) is 0 Å². The van der Waals surface area contributed by atoms with Crippen LogP contribution in [0, 0.1) is 0 Å². The Morgan fingerprint density at radius 1 is 1.18 bits per heavy atom. The maximum absolute atomic E-state index is 6.34. The van der Waals surface area contributed by atoms with Crippen LogP contribution in [0.25, 0.3) is 0 Å². The summed E-state index contributed by atoms with van der Waals surface area (Å²) in [4.78, 5) is 0. The molecule has 0 unspecified atom stereocenters. The van der Waals surface area contributed by atoms with Crippen LogP contribution in [0.1, 0.15) is 20.8 Å². The standard InChI is InChI=1S/C16H32O5Si/c1-11-12(10-20-15(2,3)4)21-16(19-7,22(8)9)14(18-6)13(11)17-5/h12-14,22H,1,10H2,2-9H3/t12-,13+,14-,16+/m1/s1. The van der Waals surface area contributed by atoms with Gasteiger partial charge in [0.15, 0.2) is 5.41 Å². The van der Waals surface area contributed by atoms with Crippen molar-refractivity contribution in [1.29, 1.82) is 0 Å². The molecule has 1 saturated heterocycles. The van der Waals surface area contributed by atoms with E-state index in [-0.39, 0.29) is 23.9 Å². The summed E-state index contributed by atoms with van der Waals surface area (Å²) in [6, 6.07) is 0. The van der Waals surface area contributed by atoms with Crippen LogP contribution >= 0.6 is 0 Å². The molecule has 22 heavy (non-hydrogen) atoms. The van der Waals surface area contributed by atoms with Gasteiger partial charge in [-0.05, 0) is 26.3 Å². The quantitative estimate of drug-likeness (QED) is 0.551. The highest BCUT2D eigenvalue weighted by Gasteiger charge is 2.55. The van der Waals surface area contributed by atoms with Gasteiger partial charge in [-0.1, -0.05) is 19.7 Å². The maximum Gasteiger partial charge on any atom is 0.176 e. The third-order valence-electron chi connectivity index (χ3n) is 4.08. The van der Waals surface area contributed by atoms with Crippen LogP contribution < -0.4 is 0 Å². The van der Waals surface area contributed by atoms with Crippen molar-refractivity contribution in [3.63, 3.8) is 0 Å². The lowest BCUT2D eigenvalue weighted by atomic mass is 9.96. The molecule has 1 fully saturated rings. The minimum Gasteiger partial charge on any atom is -0.374 e. The third-order valence-corrected chi connectivity index (χ3v) is 6.39. The van der Waals surface area contributed by atoms with Crippen molar-refractivity contribution in [3.8, 4) is 0 Å². The molecular weight excluding hydrogens is 300 g/mol. The Morgan fingerprint density at radius 3 is 2.14 bits per heavy atom. The smallest absolute Gasteiger partial charge is 0.176 e. The highest BCUT2D eigenvalue weighted by Crippen LogP contribution is 2.38. The first kappa shape index (κ1) is 19.8. The van der Waals surface area contributed by atoms with Crippen molar-refractivity contribution in [2.45, 2.75) is 63.2 Å². The van der Waals surface area contributed by atoms with Crippen LogP contribution in [0.4, 0.5) is 0 Å². The molecule has 5 nitrogen and oxygen atoms in total. The van der Waals surface area contributed by atoms with Gasteiger partial charge in [0.25, 0.3) is 0 Å². The van der Waals surface area contributed by atoms with Crippen LogP contribution in [0.5, 0.6) is 0 Å². The molecule has 0 N–H and O–H groups in total. The number of hydrogen-bond acceptors (Lipinski definition) is 5. The largest absolute Gasteiger partial charge is 0.374 e. The van der Waals surface area contributed by atoms with Crippen LogP contribution in [-0.2, 0) is 23.7 Å². The molecular formula is C16H32O5Si. The molecule has 0 saturated carbocycles. The zero-order valence-electron chi connectivity index (χ0n) is 15.3. The summed E-state index contributed by atoms with van der Waals surface area (Å²) < 4.78 is 29.4. The molecule has 0 radical (unpaired) electrons. The second-order valence-electron chi connectivity index (χ2n) is 7.00. The molecule has 0 aliphatic carbocycles. The van der Waals surface area contributed by atoms with E-state index in [2.05, 4.69) is 19.7 Å². The lowest BCUT2D eigenvalue weighted by Crippen LogP contribution is -2.67. The van der Waals surface area contributed by atoms with Crippen LogP contribution in [0.15, 0.2) is 12.2 Å². The minimum absolute atomic E-state index is 0.241. The SMILES string of the molecule is C=C1[C@@H](COC(C)(C)C)O[C@](OC)([SiH](C)C)[C@H](OC)[C@H]1OC. The molecule has 6 heteroatoms. The summed E-state index contributed by atoms with van der Waals surface area (Å²) in [5.74, 6) is 0. The lowest BCUT2D eigenvalue weighted by molar-refractivity contribution is -0.287. The van der Waals surface area contributed by atoms with Crippen molar-refractivity contribution < 1.29 is 23.7 Å². The molecule has 1 aliphatic heterocycles. The Bertz CT molecular complexity index is 379. The molecule has 1 rings (SSSR count). The van der Waals surface area contributed by atoms with E-state index in [1.54, 1.807) is 21.3 Å². The molecule has 4 atom stereocenters. The monoisotopic (exact) mass is 332 g/mol. The Balaban J connectivity index is 3.09. The maximum atomic E-state index is 6.34. The number of rotatable bonds is 6. The van der Waals surface area contributed by atoms with E-state index < -0.39 is 14.2 Å². The zero-order valence-corrected chi connectivity index (χ0v) is 16.4. The van der Waals surface area contributed by atoms with Gasteiger partial charge in [-0.3, -0.25) is 0 Å². The summed E-state index contributed by atoms with van der Waals surface area (Å²) in [6.07, 6.45) is -0.875. The highest BCUT2D eigenvalue weighted by atomic mass is 28.3. The first-order chi connectivity index (χ1) is 10.1. The molecule has 0 bridgehead atoms. The predicted octanol–water partition coefficient (Wildman–Crippen LogP) is 2.16. The van der Waals surface area contributed by atoms with E-state index in [1.807, 2.05) is 20.8 Å². The molecule has 0 aromatic rings. The van der Waals surface area contributed by atoms with Gasteiger partial charge in [0, 0.05) is 21.3 Å². The third kappa shape index (κ3) is 3.99. The summed E-state index contributed by atoms with van der Waals surface area (Å²) >= 11 is 0. The second kappa shape index (κ2) is 7.55. The van der Waals surface area contributed by atoms with E-state index in [1.165, 1.54) is 0 Å². The molecule has 130 valence electrons. The van der Waals surface area contributed by atoms with Gasteiger partial charge in [0.2, 0.25) is 0 Å². The first-order valence-corrected chi connectivity index (χ1v) is 10.6. The topological polar surface area (TPSA) is 46.2 Å². The molecule has 0 amide bonds. The Morgan fingerprint density at radius 2 is 1.77 bits per heavy atom. The Labute approximate surface area is 136 Å². The van der Waals surface area contributed by atoms with Gasteiger partial charge in [-0.25, -0.2) is 0 Å². The minimum atomic E-state index is -1.39. The molecule has 0 aromatic carbocycles. The fourth-order valence-electron chi connectivity index (χ4n) is 2.85. The summed E-state index contributed by atoms with van der Waals surface area (Å²) in [5, 5.41) is 0. The first-order valence-electron chi connectivity index (χ1n) is 7.74. The van der Waals surface area contributed by atoms with Crippen LogP contribution in [-0.4, -0.2) is 66.1 Å². The lowest BCUT2D eigenvalue weighted by Gasteiger charge is -2.51. The summed E-state index contributed by atoms with van der Waals surface area (Å²) in [6.45, 7) is 15.0. The van der Waals surface area contributed by atoms with Crippen molar-refractivity contribution >= 4 is 8.80 Å². The average molecular weight is 333 g/mol. The van der Waals surface area contributed by atoms with Gasteiger partial charge in [-0.15, -0.1) is 0 Å². The Kier molecular flexibility index (Phi) is 6.80.